The van der Waals surface area contributed by atoms with E-state index in [1.54, 1.807) is 6.07 Å². The van der Waals surface area contributed by atoms with E-state index in [-0.39, 0.29) is 6.04 Å². The van der Waals surface area contributed by atoms with Gasteiger partial charge in [0.05, 0.1) is 0 Å². The molecule has 0 aliphatic rings. The van der Waals surface area contributed by atoms with E-state index in [1.165, 1.54) is 0 Å². The molecule has 0 aromatic heterocycles. The third-order valence-corrected chi connectivity index (χ3v) is 3.60. The fraction of sp³-hybridized carbons (Fsp3) is 0.500. The van der Waals surface area contributed by atoms with Gasteiger partial charge in [0.25, 0.3) is 0 Å². The van der Waals surface area contributed by atoms with Crippen molar-refractivity contribution in [2.45, 2.75) is 32.7 Å². The molecule has 4 heteroatoms. The highest BCUT2D eigenvalue weighted by Crippen LogP contribution is 2.23. The van der Waals surface area contributed by atoms with E-state index in [1.807, 2.05) is 12.1 Å². The van der Waals surface area contributed by atoms with Crippen molar-refractivity contribution in [3.05, 3.63) is 33.8 Å². The highest BCUT2D eigenvalue weighted by molar-refractivity contribution is 6.33. The van der Waals surface area contributed by atoms with Gasteiger partial charge in [-0.2, -0.15) is 0 Å². The molecule has 3 N–H and O–H groups in total. The fourth-order valence-electron chi connectivity index (χ4n) is 1.65. The Kier molecular flexibility index (Phi) is 5.56. The average molecular weight is 261 g/mol. The summed E-state index contributed by atoms with van der Waals surface area (Å²) in [6.07, 6.45) is 1.87. The van der Waals surface area contributed by atoms with E-state index in [9.17, 15) is 0 Å². The van der Waals surface area contributed by atoms with Gasteiger partial charge in [0.1, 0.15) is 0 Å². The van der Waals surface area contributed by atoms with Gasteiger partial charge in [-0.3, -0.25) is 11.3 Å². The van der Waals surface area contributed by atoms with Crippen LogP contribution in [0.5, 0.6) is 0 Å². The van der Waals surface area contributed by atoms with Crippen LogP contribution in [0.1, 0.15) is 25.8 Å². The van der Waals surface area contributed by atoms with Gasteiger partial charge in [-0.25, -0.2) is 0 Å². The van der Waals surface area contributed by atoms with Crippen LogP contribution in [0.4, 0.5) is 0 Å². The summed E-state index contributed by atoms with van der Waals surface area (Å²) in [7, 11) is 0. The molecule has 0 amide bonds. The third-order valence-electron chi connectivity index (χ3n) is 2.99. The van der Waals surface area contributed by atoms with Crippen molar-refractivity contribution >= 4 is 23.2 Å². The Morgan fingerprint density at radius 3 is 2.62 bits per heavy atom. The molecule has 0 fully saturated rings. The summed E-state index contributed by atoms with van der Waals surface area (Å²) < 4.78 is 0. The van der Waals surface area contributed by atoms with Crippen LogP contribution in [-0.4, -0.2) is 6.04 Å². The molecule has 1 rings (SSSR count). The molecule has 0 aliphatic heterocycles. The zero-order valence-electron chi connectivity index (χ0n) is 9.63. The maximum absolute atomic E-state index is 6.12. The second kappa shape index (κ2) is 6.45. The number of hydrogen-bond acceptors (Lipinski definition) is 2. The first-order valence-corrected chi connectivity index (χ1v) is 6.24. The molecule has 0 saturated carbocycles. The fourth-order valence-corrected chi connectivity index (χ4v) is 2.03. The van der Waals surface area contributed by atoms with Crippen LogP contribution in [0.25, 0.3) is 0 Å². The first-order valence-electron chi connectivity index (χ1n) is 5.48. The monoisotopic (exact) mass is 260 g/mol. The summed E-state index contributed by atoms with van der Waals surface area (Å²) in [5.74, 6) is 6.06. The summed E-state index contributed by atoms with van der Waals surface area (Å²) >= 11 is 12.1. The Hall–Kier alpha value is -0.280. The minimum atomic E-state index is 0.223. The predicted molar refractivity (Wildman–Crippen MR) is 70.7 cm³/mol. The van der Waals surface area contributed by atoms with Gasteiger partial charge in [-0.05, 0) is 36.1 Å². The molecule has 2 atom stereocenters. The van der Waals surface area contributed by atoms with E-state index in [0.29, 0.717) is 10.9 Å². The first-order chi connectivity index (χ1) is 7.58. The highest BCUT2D eigenvalue weighted by atomic mass is 35.5. The van der Waals surface area contributed by atoms with Crippen LogP contribution in [0.3, 0.4) is 0 Å². The van der Waals surface area contributed by atoms with Crippen LogP contribution >= 0.6 is 23.2 Å². The Balaban J connectivity index is 2.81. The van der Waals surface area contributed by atoms with E-state index in [4.69, 9.17) is 29.0 Å². The van der Waals surface area contributed by atoms with E-state index < -0.39 is 0 Å². The van der Waals surface area contributed by atoms with Crippen LogP contribution in [0, 0.1) is 5.92 Å². The normalized spacial score (nSPS) is 14.8. The van der Waals surface area contributed by atoms with Gasteiger partial charge in [0, 0.05) is 16.1 Å². The smallest absolute Gasteiger partial charge is 0.0439 e. The summed E-state index contributed by atoms with van der Waals surface area (Å²) in [4.78, 5) is 0. The zero-order chi connectivity index (χ0) is 12.1. The maximum Gasteiger partial charge on any atom is 0.0439 e. The largest absolute Gasteiger partial charge is 0.271 e. The number of nitrogens with two attached hydrogens (primary N) is 1. The van der Waals surface area contributed by atoms with Crippen LogP contribution in [0.2, 0.25) is 10.0 Å². The van der Waals surface area contributed by atoms with Crippen molar-refractivity contribution in [2.75, 3.05) is 0 Å². The summed E-state index contributed by atoms with van der Waals surface area (Å²) in [6, 6.07) is 5.74. The van der Waals surface area contributed by atoms with Crippen LogP contribution in [-0.2, 0) is 6.42 Å². The van der Waals surface area contributed by atoms with E-state index in [2.05, 4.69) is 19.3 Å². The molecule has 0 radical (unpaired) electrons. The quantitative estimate of drug-likeness (QED) is 0.629. The van der Waals surface area contributed by atoms with Gasteiger partial charge < -0.3 is 0 Å². The second-order valence-corrected chi connectivity index (χ2v) is 4.94. The lowest BCUT2D eigenvalue weighted by Gasteiger charge is -2.22. The molecule has 0 spiro atoms. The highest BCUT2D eigenvalue weighted by Gasteiger charge is 2.16. The molecule has 2 nitrogen and oxygen atoms in total. The Morgan fingerprint density at radius 1 is 1.38 bits per heavy atom. The van der Waals surface area contributed by atoms with Crippen molar-refractivity contribution in [3.8, 4) is 0 Å². The number of nitrogens with one attached hydrogen (secondary N) is 1. The van der Waals surface area contributed by atoms with Crippen LogP contribution in [0.15, 0.2) is 18.2 Å². The molecule has 0 bridgehead atoms. The number of halogens is 2. The third kappa shape index (κ3) is 3.63. The number of rotatable bonds is 5. The van der Waals surface area contributed by atoms with Crippen molar-refractivity contribution < 1.29 is 0 Å². The molecule has 0 aliphatic carbocycles. The Bertz CT molecular complexity index is 342. The molecule has 1 aromatic carbocycles. The molecular weight excluding hydrogens is 243 g/mol. The molecule has 16 heavy (non-hydrogen) atoms. The molecule has 90 valence electrons. The lowest BCUT2D eigenvalue weighted by molar-refractivity contribution is 0.370. The van der Waals surface area contributed by atoms with Crippen molar-refractivity contribution in [1.82, 2.24) is 5.43 Å². The summed E-state index contributed by atoms with van der Waals surface area (Å²) in [5.41, 5.74) is 3.89. The van der Waals surface area contributed by atoms with Crippen LogP contribution < -0.4 is 11.3 Å². The van der Waals surface area contributed by atoms with E-state index >= 15 is 0 Å². The minimum Gasteiger partial charge on any atom is -0.271 e. The standard InChI is InChI=1S/C12H18Cl2N2/c1-3-8(2)12(16-15)7-9-6-10(13)4-5-11(9)14/h4-6,8,12,16H,3,7,15H2,1-2H3. The van der Waals surface area contributed by atoms with Crippen molar-refractivity contribution in [2.24, 2.45) is 11.8 Å². The molecule has 2 unspecified atom stereocenters. The average Bonchev–Trinajstić information content (AvgIpc) is 2.29. The summed E-state index contributed by atoms with van der Waals surface area (Å²) in [5, 5.41) is 1.45. The lowest BCUT2D eigenvalue weighted by Crippen LogP contribution is -2.41. The molecule has 0 saturated heterocycles. The molecular formula is C12H18Cl2N2. The van der Waals surface area contributed by atoms with Gasteiger partial charge in [0.15, 0.2) is 0 Å². The zero-order valence-corrected chi connectivity index (χ0v) is 11.1. The Labute approximate surface area is 107 Å². The minimum absolute atomic E-state index is 0.223. The van der Waals surface area contributed by atoms with Gasteiger partial charge in [-0.1, -0.05) is 43.5 Å². The SMILES string of the molecule is CCC(C)C(Cc1cc(Cl)ccc1Cl)NN. The maximum atomic E-state index is 6.12. The van der Waals surface area contributed by atoms with Gasteiger partial charge in [0.2, 0.25) is 0 Å². The topological polar surface area (TPSA) is 38.0 Å². The van der Waals surface area contributed by atoms with Gasteiger partial charge >= 0.3 is 0 Å². The number of benzene rings is 1. The van der Waals surface area contributed by atoms with Crippen molar-refractivity contribution in [3.63, 3.8) is 0 Å². The number of hydrogen-bond donors (Lipinski definition) is 2. The second-order valence-electron chi connectivity index (χ2n) is 4.10. The lowest BCUT2D eigenvalue weighted by atomic mass is 9.93. The van der Waals surface area contributed by atoms with Gasteiger partial charge in [-0.15, -0.1) is 0 Å². The summed E-state index contributed by atoms with van der Waals surface area (Å²) in [6.45, 7) is 4.32. The van der Waals surface area contributed by atoms with Crippen molar-refractivity contribution in [1.29, 1.82) is 0 Å². The predicted octanol–water partition coefficient (Wildman–Crippen LogP) is 3.41. The first kappa shape index (κ1) is 13.8. The molecule has 1 aromatic rings. The Morgan fingerprint density at radius 2 is 2.06 bits per heavy atom. The molecule has 0 heterocycles. The van der Waals surface area contributed by atoms with E-state index in [0.717, 1.165) is 23.4 Å². The number of hydrazine groups is 1.